The SMILES string of the molecule is Cc1cc2c(cc1F)[nH]c(=S)n2CC1CCCO1. The summed E-state index contributed by atoms with van der Waals surface area (Å²) >= 11 is 5.30. The number of aryl methyl sites for hydroxylation is 1. The Bertz CT molecular complexity index is 640. The summed E-state index contributed by atoms with van der Waals surface area (Å²) in [5.74, 6) is -0.206. The first-order chi connectivity index (χ1) is 8.65. The van der Waals surface area contributed by atoms with E-state index in [9.17, 15) is 4.39 Å². The van der Waals surface area contributed by atoms with Gasteiger partial charge in [0.05, 0.1) is 23.7 Å². The highest BCUT2D eigenvalue weighted by Crippen LogP contribution is 2.21. The second-order valence-corrected chi connectivity index (χ2v) is 5.18. The molecule has 1 N–H and O–H groups in total. The van der Waals surface area contributed by atoms with Crippen molar-refractivity contribution in [1.29, 1.82) is 0 Å². The minimum Gasteiger partial charge on any atom is -0.376 e. The summed E-state index contributed by atoms with van der Waals surface area (Å²) in [6.45, 7) is 3.33. The Labute approximate surface area is 110 Å². The predicted octanol–water partition coefficient (Wildman–Crippen LogP) is 3.33. The first-order valence-electron chi connectivity index (χ1n) is 6.15. The van der Waals surface area contributed by atoms with Crippen molar-refractivity contribution in [3.05, 3.63) is 28.3 Å². The number of nitrogens with one attached hydrogen (secondary N) is 1. The van der Waals surface area contributed by atoms with Crippen molar-refractivity contribution in [2.75, 3.05) is 6.61 Å². The molecule has 0 amide bonds. The number of aromatic nitrogens is 2. The van der Waals surface area contributed by atoms with E-state index in [1.54, 1.807) is 6.92 Å². The summed E-state index contributed by atoms with van der Waals surface area (Å²) in [7, 11) is 0. The minimum atomic E-state index is -0.206. The molecule has 0 spiro atoms. The van der Waals surface area contributed by atoms with Crippen molar-refractivity contribution in [2.45, 2.75) is 32.4 Å². The van der Waals surface area contributed by atoms with Crippen molar-refractivity contribution in [2.24, 2.45) is 0 Å². The summed E-state index contributed by atoms with van der Waals surface area (Å²) in [4.78, 5) is 3.05. The van der Waals surface area contributed by atoms with E-state index in [0.717, 1.165) is 37.0 Å². The Morgan fingerprint density at radius 2 is 2.39 bits per heavy atom. The molecule has 2 heterocycles. The van der Waals surface area contributed by atoms with Gasteiger partial charge in [0.2, 0.25) is 0 Å². The average Bonchev–Trinajstić information content (AvgIpc) is 2.92. The van der Waals surface area contributed by atoms with Crippen molar-refractivity contribution in [3.63, 3.8) is 0 Å². The van der Waals surface area contributed by atoms with Gasteiger partial charge in [-0.2, -0.15) is 0 Å². The van der Waals surface area contributed by atoms with E-state index in [0.29, 0.717) is 10.3 Å². The molecule has 0 radical (unpaired) electrons. The summed E-state index contributed by atoms with van der Waals surface area (Å²) in [6, 6.07) is 3.35. The molecule has 1 atom stereocenters. The number of nitrogens with zero attached hydrogens (tertiary/aromatic N) is 1. The van der Waals surface area contributed by atoms with Crippen molar-refractivity contribution in [1.82, 2.24) is 9.55 Å². The zero-order valence-corrected chi connectivity index (χ0v) is 11.0. The van der Waals surface area contributed by atoms with E-state index >= 15 is 0 Å². The third kappa shape index (κ3) is 1.97. The number of benzene rings is 1. The van der Waals surface area contributed by atoms with Crippen molar-refractivity contribution < 1.29 is 9.13 Å². The minimum absolute atomic E-state index is 0.206. The van der Waals surface area contributed by atoms with Crippen LogP contribution in [-0.2, 0) is 11.3 Å². The van der Waals surface area contributed by atoms with E-state index in [-0.39, 0.29) is 11.9 Å². The fraction of sp³-hybridized carbons (Fsp3) is 0.462. The maximum absolute atomic E-state index is 13.5. The molecule has 2 aromatic rings. The van der Waals surface area contributed by atoms with E-state index in [1.807, 2.05) is 10.6 Å². The predicted molar refractivity (Wildman–Crippen MR) is 70.8 cm³/mol. The molecule has 0 bridgehead atoms. The lowest BCUT2D eigenvalue weighted by Crippen LogP contribution is -2.14. The maximum Gasteiger partial charge on any atom is 0.178 e. The average molecular weight is 266 g/mol. The number of halogens is 1. The molecule has 96 valence electrons. The number of hydrogen-bond donors (Lipinski definition) is 1. The maximum atomic E-state index is 13.5. The lowest BCUT2D eigenvalue weighted by molar-refractivity contribution is 0.0976. The van der Waals surface area contributed by atoms with Crippen LogP contribution in [0.5, 0.6) is 0 Å². The summed E-state index contributed by atoms with van der Waals surface area (Å²) < 4.78 is 21.8. The highest BCUT2D eigenvalue weighted by molar-refractivity contribution is 7.71. The first kappa shape index (κ1) is 11.9. The zero-order valence-electron chi connectivity index (χ0n) is 10.2. The van der Waals surface area contributed by atoms with E-state index in [1.165, 1.54) is 6.07 Å². The smallest absolute Gasteiger partial charge is 0.178 e. The molecule has 1 aliphatic heterocycles. The standard InChI is InChI=1S/C13H15FN2OS/c1-8-5-12-11(6-10(8)14)15-13(18)16(12)7-9-3-2-4-17-9/h5-6,9H,2-4,7H2,1H3,(H,15,18). The largest absolute Gasteiger partial charge is 0.376 e. The van der Waals surface area contributed by atoms with Crippen LogP contribution in [0.1, 0.15) is 18.4 Å². The Morgan fingerprint density at radius 1 is 1.56 bits per heavy atom. The zero-order chi connectivity index (χ0) is 12.7. The number of hydrogen-bond acceptors (Lipinski definition) is 2. The van der Waals surface area contributed by atoms with Crippen LogP contribution in [0.4, 0.5) is 4.39 Å². The molecule has 0 aliphatic carbocycles. The fourth-order valence-corrected chi connectivity index (χ4v) is 2.74. The van der Waals surface area contributed by atoms with Gasteiger partial charge in [-0.25, -0.2) is 4.39 Å². The van der Waals surface area contributed by atoms with Crippen LogP contribution >= 0.6 is 12.2 Å². The van der Waals surface area contributed by atoms with Gasteiger partial charge in [0, 0.05) is 6.61 Å². The molecule has 1 saturated heterocycles. The summed E-state index contributed by atoms with van der Waals surface area (Å²) in [6.07, 6.45) is 2.39. The molecule has 1 aliphatic rings. The van der Waals surface area contributed by atoms with Crippen molar-refractivity contribution in [3.8, 4) is 0 Å². The Balaban J connectivity index is 2.07. The third-order valence-electron chi connectivity index (χ3n) is 3.46. The number of fused-ring (bicyclic) bond motifs is 1. The molecule has 0 saturated carbocycles. The quantitative estimate of drug-likeness (QED) is 0.845. The number of aromatic amines is 1. The highest BCUT2D eigenvalue weighted by atomic mass is 32.1. The molecule has 3 rings (SSSR count). The van der Waals surface area contributed by atoms with Gasteiger partial charge in [-0.3, -0.25) is 0 Å². The molecular formula is C13H15FN2OS. The lowest BCUT2D eigenvalue weighted by atomic mass is 10.2. The first-order valence-corrected chi connectivity index (χ1v) is 6.56. The number of imidazole rings is 1. The number of ether oxygens (including phenoxy) is 1. The van der Waals surface area contributed by atoms with Crippen LogP contribution in [0.15, 0.2) is 12.1 Å². The Hall–Kier alpha value is -1.20. The third-order valence-corrected chi connectivity index (χ3v) is 3.79. The Morgan fingerprint density at radius 3 is 3.11 bits per heavy atom. The van der Waals surface area contributed by atoms with Gasteiger partial charge in [-0.1, -0.05) is 0 Å². The number of H-pyrrole nitrogens is 1. The lowest BCUT2D eigenvalue weighted by Gasteiger charge is -2.11. The second-order valence-electron chi connectivity index (χ2n) is 4.79. The molecule has 3 nitrogen and oxygen atoms in total. The molecule has 18 heavy (non-hydrogen) atoms. The molecule has 1 unspecified atom stereocenters. The van der Waals surface area contributed by atoms with Gasteiger partial charge in [0.15, 0.2) is 4.77 Å². The van der Waals surface area contributed by atoms with Gasteiger partial charge >= 0.3 is 0 Å². The van der Waals surface area contributed by atoms with E-state index in [4.69, 9.17) is 17.0 Å². The van der Waals surface area contributed by atoms with E-state index in [2.05, 4.69) is 4.98 Å². The van der Waals surface area contributed by atoms with Crippen LogP contribution in [0.25, 0.3) is 11.0 Å². The van der Waals surface area contributed by atoms with Crippen LogP contribution < -0.4 is 0 Å². The summed E-state index contributed by atoms with van der Waals surface area (Å²) in [5.41, 5.74) is 2.34. The number of rotatable bonds is 2. The van der Waals surface area contributed by atoms with Gasteiger partial charge < -0.3 is 14.3 Å². The van der Waals surface area contributed by atoms with Gasteiger partial charge in [0.1, 0.15) is 5.82 Å². The van der Waals surface area contributed by atoms with Gasteiger partial charge in [0.25, 0.3) is 0 Å². The normalized spacial score (nSPS) is 19.8. The van der Waals surface area contributed by atoms with Gasteiger partial charge in [-0.15, -0.1) is 0 Å². The molecule has 5 heteroatoms. The van der Waals surface area contributed by atoms with Crippen LogP contribution in [0.2, 0.25) is 0 Å². The fourth-order valence-electron chi connectivity index (χ4n) is 2.46. The molecule has 1 fully saturated rings. The van der Waals surface area contributed by atoms with Crippen LogP contribution in [-0.4, -0.2) is 22.3 Å². The van der Waals surface area contributed by atoms with Crippen LogP contribution in [0.3, 0.4) is 0 Å². The van der Waals surface area contributed by atoms with E-state index < -0.39 is 0 Å². The van der Waals surface area contributed by atoms with Crippen LogP contribution in [0, 0.1) is 17.5 Å². The molecular weight excluding hydrogens is 251 g/mol. The monoisotopic (exact) mass is 266 g/mol. The Kier molecular flexibility index (Phi) is 2.95. The van der Waals surface area contributed by atoms with Gasteiger partial charge in [-0.05, 0) is 49.7 Å². The molecule has 1 aromatic carbocycles. The molecule has 1 aromatic heterocycles. The second kappa shape index (κ2) is 4.48. The highest BCUT2D eigenvalue weighted by Gasteiger charge is 2.18. The summed E-state index contributed by atoms with van der Waals surface area (Å²) in [5, 5.41) is 0. The topological polar surface area (TPSA) is 29.9 Å². The van der Waals surface area contributed by atoms with Crippen molar-refractivity contribution >= 4 is 23.3 Å².